The van der Waals surface area contributed by atoms with Crippen molar-refractivity contribution < 1.29 is 17.9 Å². The van der Waals surface area contributed by atoms with Crippen LogP contribution >= 0.6 is 0 Å². The number of hydrogen-bond donors (Lipinski definition) is 0. The van der Waals surface area contributed by atoms with Gasteiger partial charge < -0.3 is 4.74 Å². The zero-order valence-corrected chi connectivity index (χ0v) is 23.3. The molecule has 2 heterocycles. The Morgan fingerprint density at radius 3 is 2.27 bits per heavy atom. The molecule has 0 bridgehead atoms. The highest BCUT2D eigenvalue weighted by molar-refractivity contribution is 5.51. The van der Waals surface area contributed by atoms with Gasteiger partial charge in [-0.1, -0.05) is 54.6 Å². The molecular formula is C31H33F3N6O. The summed E-state index contributed by atoms with van der Waals surface area (Å²) in [5.41, 5.74) is 3.71. The first-order valence-corrected chi connectivity index (χ1v) is 13.5. The molecule has 0 aliphatic carbocycles. The van der Waals surface area contributed by atoms with Gasteiger partial charge in [0.1, 0.15) is 5.75 Å². The first-order valence-electron chi connectivity index (χ1n) is 13.5. The van der Waals surface area contributed by atoms with Gasteiger partial charge in [-0.3, -0.25) is 9.80 Å². The number of piperazine rings is 1. The smallest absolute Gasteiger partial charge is 0.416 e. The van der Waals surface area contributed by atoms with Crippen molar-refractivity contribution in [3.63, 3.8) is 0 Å². The molecule has 1 aromatic heterocycles. The molecular weight excluding hydrogens is 529 g/mol. The van der Waals surface area contributed by atoms with Gasteiger partial charge in [-0.15, -0.1) is 5.10 Å². The lowest BCUT2D eigenvalue weighted by atomic mass is 10.00. The number of nitrogens with zero attached hydrogens (tertiary/aromatic N) is 6. The van der Waals surface area contributed by atoms with E-state index in [4.69, 9.17) is 4.74 Å². The number of halogens is 3. The molecule has 214 valence electrons. The fourth-order valence-electron chi connectivity index (χ4n) is 5.33. The minimum atomic E-state index is -4.45. The lowest BCUT2D eigenvalue weighted by Gasteiger charge is -2.38. The van der Waals surface area contributed by atoms with E-state index in [1.165, 1.54) is 12.1 Å². The highest BCUT2D eigenvalue weighted by Gasteiger charge is 2.35. The average molecular weight is 563 g/mol. The second-order valence-corrected chi connectivity index (χ2v) is 10.2. The van der Waals surface area contributed by atoms with Crippen LogP contribution in [0.15, 0.2) is 72.8 Å². The molecule has 1 aliphatic heterocycles. The van der Waals surface area contributed by atoms with Crippen LogP contribution in [0.4, 0.5) is 13.2 Å². The summed E-state index contributed by atoms with van der Waals surface area (Å²) in [6.45, 7) is 7.54. The monoisotopic (exact) mass is 562 g/mol. The molecule has 4 aromatic rings. The normalized spacial score (nSPS) is 15.9. The van der Waals surface area contributed by atoms with Gasteiger partial charge in [0.05, 0.1) is 24.4 Å². The van der Waals surface area contributed by atoms with E-state index in [9.17, 15) is 13.2 Å². The minimum Gasteiger partial charge on any atom is -0.497 e. The Bertz CT molecular complexity index is 1470. The SMILES string of the molecule is COc1ccc(/C=C/CN2CCN(C(c3cccc(C(F)(F)F)c3)c3nnnn3-c3c(C)cccc3C)CC2)cc1. The van der Waals surface area contributed by atoms with Crippen LogP contribution in [0.1, 0.15) is 39.7 Å². The number of methoxy groups -OCH3 is 1. The van der Waals surface area contributed by atoms with E-state index in [1.807, 2.05) is 56.3 Å². The summed E-state index contributed by atoms with van der Waals surface area (Å²) in [6, 6.07) is 18.7. The summed E-state index contributed by atoms with van der Waals surface area (Å²) >= 11 is 0. The van der Waals surface area contributed by atoms with Gasteiger partial charge in [0.25, 0.3) is 0 Å². The predicted molar refractivity (Wildman–Crippen MR) is 152 cm³/mol. The van der Waals surface area contributed by atoms with Crippen molar-refractivity contribution in [2.75, 3.05) is 39.8 Å². The van der Waals surface area contributed by atoms with E-state index in [0.717, 1.165) is 53.8 Å². The number of aryl methyl sites for hydroxylation is 2. The number of ether oxygens (including phenoxy) is 1. The van der Waals surface area contributed by atoms with Gasteiger partial charge in [0.2, 0.25) is 0 Å². The number of aromatic nitrogens is 4. The van der Waals surface area contributed by atoms with Crippen molar-refractivity contribution in [3.8, 4) is 11.4 Å². The number of benzene rings is 3. The Kier molecular flexibility index (Phi) is 8.51. The standard InChI is InChI=1S/C31H33F3N6O/c1-22-7-4-8-23(2)28(22)40-30(35-36-37-40)29(25-10-5-11-26(21-25)31(32,33)34)39-19-17-38(18-20-39)16-6-9-24-12-14-27(41-3)15-13-24/h4-15,21,29H,16-20H2,1-3H3/b9-6+. The van der Waals surface area contributed by atoms with Gasteiger partial charge in [0, 0.05) is 32.7 Å². The first kappa shape index (κ1) is 28.5. The summed E-state index contributed by atoms with van der Waals surface area (Å²) < 4.78 is 48.1. The third-order valence-corrected chi connectivity index (χ3v) is 7.48. The Labute approximate surface area is 237 Å². The molecule has 0 amide bonds. The summed E-state index contributed by atoms with van der Waals surface area (Å²) in [7, 11) is 1.65. The van der Waals surface area contributed by atoms with Gasteiger partial charge in [-0.2, -0.15) is 17.9 Å². The number of rotatable bonds is 8. The van der Waals surface area contributed by atoms with Crippen molar-refractivity contribution in [2.45, 2.75) is 26.1 Å². The van der Waals surface area contributed by atoms with Crippen LogP contribution in [-0.4, -0.2) is 69.8 Å². The van der Waals surface area contributed by atoms with Gasteiger partial charge in [-0.25, -0.2) is 0 Å². The van der Waals surface area contributed by atoms with Crippen molar-refractivity contribution in [2.24, 2.45) is 0 Å². The molecule has 1 saturated heterocycles. The van der Waals surface area contributed by atoms with E-state index in [-0.39, 0.29) is 0 Å². The van der Waals surface area contributed by atoms with Crippen LogP contribution in [0.5, 0.6) is 5.75 Å². The van der Waals surface area contributed by atoms with Crippen LogP contribution in [0, 0.1) is 13.8 Å². The van der Waals surface area contributed by atoms with E-state index < -0.39 is 17.8 Å². The second-order valence-electron chi connectivity index (χ2n) is 10.2. The third kappa shape index (κ3) is 6.49. The molecule has 0 spiro atoms. The van der Waals surface area contributed by atoms with Crippen LogP contribution in [0.2, 0.25) is 0 Å². The average Bonchev–Trinajstić information content (AvgIpc) is 3.43. The molecule has 1 fully saturated rings. The Hall–Kier alpha value is -4.02. The molecule has 0 radical (unpaired) electrons. The number of hydrogen-bond acceptors (Lipinski definition) is 6. The maximum absolute atomic E-state index is 13.7. The highest BCUT2D eigenvalue weighted by atomic mass is 19.4. The highest BCUT2D eigenvalue weighted by Crippen LogP contribution is 2.35. The van der Waals surface area contributed by atoms with Crippen LogP contribution in [-0.2, 0) is 6.18 Å². The zero-order valence-electron chi connectivity index (χ0n) is 23.3. The Morgan fingerprint density at radius 2 is 1.61 bits per heavy atom. The lowest BCUT2D eigenvalue weighted by molar-refractivity contribution is -0.137. The number of tetrazole rings is 1. The summed E-state index contributed by atoms with van der Waals surface area (Å²) in [4.78, 5) is 4.50. The van der Waals surface area contributed by atoms with Crippen molar-refractivity contribution in [1.82, 2.24) is 30.0 Å². The van der Waals surface area contributed by atoms with Crippen LogP contribution in [0.3, 0.4) is 0 Å². The molecule has 7 nitrogen and oxygen atoms in total. The fourth-order valence-corrected chi connectivity index (χ4v) is 5.33. The largest absolute Gasteiger partial charge is 0.497 e. The van der Waals surface area contributed by atoms with E-state index in [1.54, 1.807) is 17.9 Å². The lowest BCUT2D eigenvalue weighted by Crippen LogP contribution is -2.48. The molecule has 1 unspecified atom stereocenters. The molecule has 10 heteroatoms. The zero-order chi connectivity index (χ0) is 29.0. The van der Waals surface area contributed by atoms with E-state index in [2.05, 4.69) is 37.5 Å². The topological polar surface area (TPSA) is 59.3 Å². The number of para-hydroxylation sites is 1. The molecule has 1 atom stereocenters. The summed E-state index contributed by atoms with van der Waals surface area (Å²) in [6.07, 6.45) is -0.243. The van der Waals surface area contributed by atoms with Gasteiger partial charge >= 0.3 is 6.18 Å². The third-order valence-electron chi connectivity index (χ3n) is 7.48. The number of alkyl halides is 3. The molecule has 5 rings (SSSR count). The van der Waals surface area contributed by atoms with Crippen LogP contribution in [0.25, 0.3) is 11.8 Å². The van der Waals surface area contributed by atoms with Crippen molar-refractivity contribution >= 4 is 6.08 Å². The summed E-state index contributed by atoms with van der Waals surface area (Å²) in [5, 5.41) is 12.6. The second kappa shape index (κ2) is 12.2. The van der Waals surface area contributed by atoms with Crippen molar-refractivity contribution in [3.05, 3.63) is 106 Å². The summed E-state index contributed by atoms with van der Waals surface area (Å²) in [5.74, 6) is 1.31. The first-order chi connectivity index (χ1) is 19.7. The quantitative estimate of drug-likeness (QED) is 0.274. The Morgan fingerprint density at radius 1 is 0.927 bits per heavy atom. The van der Waals surface area contributed by atoms with Gasteiger partial charge in [0.15, 0.2) is 5.82 Å². The van der Waals surface area contributed by atoms with Crippen LogP contribution < -0.4 is 4.74 Å². The minimum absolute atomic E-state index is 0.495. The van der Waals surface area contributed by atoms with Gasteiger partial charge in [-0.05, 0) is 70.8 Å². The molecule has 41 heavy (non-hydrogen) atoms. The maximum Gasteiger partial charge on any atom is 0.416 e. The maximum atomic E-state index is 13.7. The molecule has 0 N–H and O–H groups in total. The van der Waals surface area contributed by atoms with E-state index >= 15 is 0 Å². The molecule has 3 aromatic carbocycles. The van der Waals surface area contributed by atoms with Crippen molar-refractivity contribution in [1.29, 1.82) is 0 Å². The predicted octanol–water partition coefficient (Wildman–Crippen LogP) is 5.73. The molecule has 0 saturated carbocycles. The fraction of sp³-hybridized carbons (Fsp3) is 0.323. The van der Waals surface area contributed by atoms with E-state index in [0.29, 0.717) is 24.5 Å². The Balaban J connectivity index is 1.40. The molecule has 1 aliphatic rings.